The molecular formula is C21H15ClN4O2S. The van der Waals surface area contributed by atoms with E-state index in [2.05, 4.69) is 5.10 Å². The molecule has 0 bridgehead atoms. The van der Waals surface area contributed by atoms with Crippen molar-refractivity contribution in [3.05, 3.63) is 103 Å². The SMILES string of the molecule is O=c1c2sccc2n2c(=O)n(Cc3cccc(Cl)c3)nc2n1Cc1ccccc1. The van der Waals surface area contributed by atoms with Crippen LogP contribution >= 0.6 is 22.9 Å². The van der Waals surface area contributed by atoms with Crippen molar-refractivity contribution in [3.8, 4) is 0 Å². The molecule has 6 nitrogen and oxygen atoms in total. The highest BCUT2D eigenvalue weighted by molar-refractivity contribution is 7.17. The molecule has 8 heteroatoms. The van der Waals surface area contributed by atoms with E-state index in [0.717, 1.165) is 11.1 Å². The van der Waals surface area contributed by atoms with Crippen molar-refractivity contribution < 1.29 is 0 Å². The molecule has 0 aliphatic rings. The lowest BCUT2D eigenvalue weighted by molar-refractivity contribution is 0.654. The Bertz CT molecular complexity index is 1460. The number of hydrogen-bond donors (Lipinski definition) is 0. The third-order valence-electron chi connectivity index (χ3n) is 4.79. The van der Waals surface area contributed by atoms with Gasteiger partial charge in [0, 0.05) is 5.02 Å². The van der Waals surface area contributed by atoms with Gasteiger partial charge in [-0.1, -0.05) is 54.1 Å². The highest BCUT2D eigenvalue weighted by Gasteiger charge is 2.18. The van der Waals surface area contributed by atoms with Gasteiger partial charge < -0.3 is 0 Å². The van der Waals surface area contributed by atoms with Gasteiger partial charge in [-0.15, -0.1) is 16.4 Å². The van der Waals surface area contributed by atoms with Gasteiger partial charge in [0.05, 0.1) is 18.6 Å². The standard InChI is InChI=1S/C21H15ClN4O2S/c22-16-8-4-7-15(11-16)13-25-21(28)26-17-9-10-29-18(17)19(27)24(20(26)23-25)12-14-5-2-1-3-6-14/h1-11H,12-13H2. The summed E-state index contributed by atoms with van der Waals surface area (Å²) in [4.78, 5) is 26.3. The molecule has 0 fully saturated rings. The first-order valence-corrected chi connectivity index (χ1v) is 10.3. The number of nitrogens with zero attached hydrogens (tertiary/aromatic N) is 4. The lowest BCUT2D eigenvalue weighted by Gasteiger charge is -2.07. The fraction of sp³-hybridized carbons (Fsp3) is 0.0952. The molecule has 2 aromatic carbocycles. The van der Waals surface area contributed by atoms with Crippen molar-refractivity contribution in [2.45, 2.75) is 13.1 Å². The lowest BCUT2D eigenvalue weighted by atomic mass is 10.2. The molecule has 0 unspecified atom stereocenters. The number of rotatable bonds is 4. The molecule has 0 saturated carbocycles. The van der Waals surface area contributed by atoms with Crippen LogP contribution in [0.1, 0.15) is 11.1 Å². The average molecular weight is 423 g/mol. The van der Waals surface area contributed by atoms with Crippen molar-refractivity contribution in [2.24, 2.45) is 0 Å². The predicted molar refractivity (Wildman–Crippen MR) is 115 cm³/mol. The van der Waals surface area contributed by atoms with E-state index in [-0.39, 0.29) is 17.8 Å². The number of benzene rings is 2. The van der Waals surface area contributed by atoms with Crippen molar-refractivity contribution in [1.82, 2.24) is 18.7 Å². The molecule has 0 N–H and O–H groups in total. The van der Waals surface area contributed by atoms with E-state index >= 15 is 0 Å². The Kier molecular flexibility index (Phi) is 4.34. The largest absolute Gasteiger partial charge is 0.352 e. The van der Waals surface area contributed by atoms with E-state index < -0.39 is 0 Å². The molecule has 3 aromatic heterocycles. The summed E-state index contributed by atoms with van der Waals surface area (Å²) in [6, 6.07) is 18.8. The van der Waals surface area contributed by atoms with Crippen LogP contribution in [-0.4, -0.2) is 18.7 Å². The Morgan fingerprint density at radius 3 is 2.52 bits per heavy atom. The summed E-state index contributed by atoms with van der Waals surface area (Å²) in [5.41, 5.74) is 1.98. The molecule has 0 atom stereocenters. The Balaban J connectivity index is 1.74. The second-order valence-electron chi connectivity index (χ2n) is 6.72. The van der Waals surface area contributed by atoms with Crippen LogP contribution in [0.4, 0.5) is 0 Å². The maximum absolute atomic E-state index is 13.2. The van der Waals surface area contributed by atoms with Gasteiger partial charge in [-0.25, -0.2) is 13.9 Å². The predicted octanol–water partition coefficient (Wildman–Crippen LogP) is 3.62. The van der Waals surface area contributed by atoms with Gasteiger partial charge in [-0.05, 0) is 34.7 Å². The smallest absolute Gasteiger partial charge is 0.271 e. The molecule has 29 heavy (non-hydrogen) atoms. The Hall–Kier alpha value is -3.16. The number of hydrogen-bond acceptors (Lipinski definition) is 4. The summed E-state index contributed by atoms with van der Waals surface area (Å²) in [7, 11) is 0. The molecule has 0 amide bonds. The maximum Gasteiger partial charge on any atom is 0.352 e. The molecule has 0 saturated heterocycles. The summed E-state index contributed by atoms with van der Waals surface area (Å²) in [5.74, 6) is 0.330. The van der Waals surface area contributed by atoms with E-state index in [0.29, 0.717) is 27.6 Å². The number of halogens is 1. The fourth-order valence-corrected chi connectivity index (χ4v) is 4.49. The Morgan fingerprint density at radius 1 is 0.931 bits per heavy atom. The minimum absolute atomic E-state index is 0.147. The Labute approximate surface area is 173 Å². The van der Waals surface area contributed by atoms with Crippen LogP contribution in [0, 0.1) is 0 Å². The summed E-state index contributed by atoms with van der Waals surface area (Å²) in [5, 5.41) is 6.93. The van der Waals surface area contributed by atoms with Gasteiger partial charge in [0.1, 0.15) is 4.70 Å². The lowest BCUT2D eigenvalue weighted by Crippen LogP contribution is -2.26. The van der Waals surface area contributed by atoms with Gasteiger partial charge in [-0.3, -0.25) is 9.36 Å². The third kappa shape index (κ3) is 3.08. The van der Waals surface area contributed by atoms with E-state index in [1.165, 1.54) is 20.4 Å². The van der Waals surface area contributed by atoms with Crippen LogP contribution in [0.15, 0.2) is 75.6 Å². The second kappa shape index (κ2) is 7.02. The molecule has 0 spiro atoms. The number of aromatic nitrogens is 4. The minimum Gasteiger partial charge on any atom is -0.271 e. The number of thiophene rings is 1. The van der Waals surface area contributed by atoms with Crippen molar-refractivity contribution in [2.75, 3.05) is 0 Å². The molecule has 0 aliphatic carbocycles. The maximum atomic E-state index is 13.2. The summed E-state index contributed by atoms with van der Waals surface area (Å²) < 4.78 is 4.99. The Morgan fingerprint density at radius 2 is 1.72 bits per heavy atom. The second-order valence-corrected chi connectivity index (χ2v) is 8.07. The van der Waals surface area contributed by atoms with E-state index in [1.807, 2.05) is 47.8 Å². The zero-order chi connectivity index (χ0) is 20.0. The molecule has 144 valence electrons. The molecule has 0 radical (unpaired) electrons. The van der Waals surface area contributed by atoms with E-state index in [4.69, 9.17) is 11.6 Å². The van der Waals surface area contributed by atoms with Crippen molar-refractivity contribution in [3.63, 3.8) is 0 Å². The van der Waals surface area contributed by atoms with Gasteiger partial charge in [0.2, 0.25) is 5.78 Å². The van der Waals surface area contributed by atoms with Crippen molar-refractivity contribution >= 4 is 38.9 Å². The summed E-state index contributed by atoms with van der Waals surface area (Å²) in [6.45, 7) is 0.608. The first-order chi connectivity index (χ1) is 14.1. The third-order valence-corrected chi connectivity index (χ3v) is 5.92. The van der Waals surface area contributed by atoms with Gasteiger partial charge in [0.25, 0.3) is 5.56 Å². The quantitative estimate of drug-likeness (QED) is 0.444. The first-order valence-electron chi connectivity index (χ1n) is 9.00. The monoisotopic (exact) mass is 422 g/mol. The van der Waals surface area contributed by atoms with Crippen molar-refractivity contribution in [1.29, 1.82) is 0 Å². The van der Waals surface area contributed by atoms with Gasteiger partial charge >= 0.3 is 5.69 Å². The average Bonchev–Trinajstić information content (AvgIpc) is 3.31. The molecule has 5 rings (SSSR count). The minimum atomic E-state index is -0.287. The van der Waals surface area contributed by atoms with Gasteiger partial charge in [0.15, 0.2) is 0 Å². The van der Waals surface area contributed by atoms with Gasteiger partial charge in [-0.2, -0.15) is 0 Å². The van der Waals surface area contributed by atoms with Crippen LogP contribution in [-0.2, 0) is 13.1 Å². The van der Waals surface area contributed by atoms with E-state index in [9.17, 15) is 9.59 Å². The summed E-state index contributed by atoms with van der Waals surface area (Å²) in [6.07, 6.45) is 0. The highest BCUT2D eigenvalue weighted by atomic mass is 35.5. The normalized spacial score (nSPS) is 11.5. The van der Waals surface area contributed by atoms with Crippen LogP contribution in [0.5, 0.6) is 0 Å². The zero-order valence-electron chi connectivity index (χ0n) is 15.2. The zero-order valence-corrected chi connectivity index (χ0v) is 16.7. The molecular weight excluding hydrogens is 408 g/mol. The fourth-order valence-electron chi connectivity index (χ4n) is 3.45. The first kappa shape index (κ1) is 17.9. The van der Waals surface area contributed by atoms with Crippen LogP contribution in [0.3, 0.4) is 0 Å². The number of fused-ring (bicyclic) bond motifs is 3. The van der Waals surface area contributed by atoms with Crippen LogP contribution in [0.2, 0.25) is 5.02 Å². The molecule has 3 heterocycles. The topological polar surface area (TPSA) is 61.3 Å². The van der Waals surface area contributed by atoms with Crippen LogP contribution in [0.25, 0.3) is 16.0 Å². The summed E-state index contributed by atoms with van der Waals surface area (Å²) >= 11 is 7.40. The van der Waals surface area contributed by atoms with E-state index in [1.54, 1.807) is 22.8 Å². The highest BCUT2D eigenvalue weighted by Crippen LogP contribution is 2.18. The van der Waals surface area contributed by atoms with Crippen LogP contribution < -0.4 is 11.2 Å². The molecule has 0 aliphatic heterocycles. The molecule has 5 aromatic rings.